The smallest absolute Gasteiger partial charge is 0.255 e. The van der Waals surface area contributed by atoms with E-state index < -0.39 is 11.7 Å². The van der Waals surface area contributed by atoms with Crippen LogP contribution in [0.3, 0.4) is 0 Å². The fraction of sp³-hybridized carbons (Fsp3) is 0.0833. The standard InChI is InChI=1S/C12H9BrFNO2S/c13-9-3-4-18-11(9)6-15-12(17)8-5-7(14)1-2-10(8)16/h1-5,16H,6H2,(H,15,17). The van der Waals surface area contributed by atoms with E-state index >= 15 is 0 Å². The van der Waals surface area contributed by atoms with Crippen molar-refractivity contribution in [2.75, 3.05) is 0 Å². The van der Waals surface area contributed by atoms with Gasteiger partial charge in [-0.3, -0.25) is 4.79 Å². The average molecular weight is 330 g/mol. The summed E-state index contributed by atoms with van der Waals surface area (Å²) in [6.07, 6.45) is 0. The van der Waals surface area contributed by atoms with Crippen LogP contribution in [0, 0.1) is 5.82 Å². The van der Waals surface area contributed by atoms with Gasteiger partial charge in [-0.2, -0.15) is 0 Å². The van der Waals surface area contributed by atoms with E-state index in [0.29, 0.717) is 6.54 Å². The molecular weight excluding hydrogens is 321 g/mol. The first-order valence-corrected chi connectivity index (χ1v) is 6.74. The minimum absolute atomic E-state index is 0.0670. The second-order valence-corrected chi connectivity index (χ2v) is 5.39. The highest BCUT2D eigenvalue weighted by Gasteiger charge is 2.12. The van der Waals surface area contributed by atoms with Crippen molar-refractivity contribution in [3.05, 3.63) is 50.4 Å². The number of phenols is 1. The van der Waals surface area contributed by atoms with E-state index in [1.165, 1.54) is 11.3 Å². The highest BCUT2D eigenvalue weighted by Crippen LogP contribution is 2.23. The first-order chi connectivity index (χ1) is 8.58. The summed E-state index contributed by atoms with van der Waals surface area (Å²) in [5.74, 6) is -1.30. The van der Waals surface area contributed by atoms with Crippen molar-refractivity contribution in [2.45, 2.75) is 6.54 Å². The summed E-state index contributed by atoms with van der Waals surface area (Å²) < 4.78 is 13.9. The second-order valence-electron chi connectivity index (χ2n) is 3.54. The monoisotopic (exact) mass is 329 g/mol. The average Bonchev–Trinajstić information content (AvgIpc) is 2.75. The van der Waals surface area contributed by atoms with Crippen LogP contribution in [0.25, 0.3) is 0 Å². The number of nitrogens with one attached hydrogen (secondary N) is 1. The van der Waals surface area contributed by atoms with Crippen LogP contribution >= 0.6 is 27.3 Å². The summed E-state index contributed by atoms with van der Waals surface area (Å²) in [6.45, 7) is 0.326. The number of halogens is 2. The summed E-state index contributed by atoms with van der Waals surface area (Å²) in [6, 6.07) is 5.15. The molecule has 1 heterocycles. The lowest BCUT2D eigenvalue weighted by Gasteiger charge is -2.06. The van der Waals surface area contributed by atoms with E-state index in [4.69, 9.17) is 0 Å². The number of amides is 1. The zero-order valence-corrected chi connectivity index (χ0v) is 11.5. The predicted octanol–water partition coefficient (Wildman–Crippen LogP) is 3.29. The van der Waals surface area contributed by atoms with E-state index in [-0.39, 0.29) is 11.3 Å². The van der Waals surface area contributed by atoms with E-state index in [0.717, 1.165) is 27.5 Å². The molecule has 0 unspecified atom stereocenters. The van der Waals surface area contributed by atoms with Crippen molar-refractivity contribution in [1.82, 2.24) is 5.32 Å². The SMILES string of the molecule is O=C(NCc1sccc1Br)c1cc(F)ccc1O. The lowest BCUT2D eigenvalue weighted by atomic mass is 10.2. The maximum Gasteiger partial charge on any atom is 0.255 e. The summed E-state index contributed by atoms with van der Waals surface area (Å²) in [5.41, 5.74) is -0.0670. The Labute approximate surface area is 115 Å². The third-order valence-corrected chi connectivity index (χ3v) is 4.23. The van der Waals surface area contributed by atoms with Crippen molar-refractivity contribution in [1.29, 1.82) is 0 Å². The number of phenolic OH excluding ortho intramolecular Hbond substituents is 1. The molecule has 94 valence electrons. The Morgan fingerprint density at radius 1 is 1.44 bits per heavy atom. The Hall–Kier alpha value is -1.40. The Balaban J connectivity index is 2.08. The van der Waals surface area contributed by atoms with Gasteiger partial charge in [-0.05, 0) is 45.6 Å². The lowest BCUT2D eigenvalue weighted by molar-refractivity contribution is 0.0948. The van der Waals surface area contributed by atoms with Crippen LogP contribution in [0.1, 0.15) is 15.2 Å². The molecule has 1 aromatic carbocycles. The summed E-state index contributed by atoms with van der Waals surface area (Å²) >= 11 is 4.84. The molecule has 0 aliphatic heterocycles. The van der Waals surface area contributed by atoms with Crippen LogP contribution in [0.15, 0.2) is 34.1 Å². The van der Waals surface area contributed by atoms with Crippen molar-refractivity contribution in [3.8, 4) is 5.75 Å². The van der Waals surface area contributed by atoms with E-state index in [1.54, 1.807) is 0 Å². The van der Waals surface area contributed by atoms with Crippen molar-refractivity contribution < 1.29 is 14.3 Å². The fourth-order valence-corrected chi connectivity index (χ4v) is 2.83. The van der Waals surface area contributed by atoms with E-state index in [2.05, 4.69) is 21.2 Å². The Morgan fingerprint density at radius 2 is 2.22 bits per heavy atom. The second kappa shape index (κ2) is 5.49. The lowest BCUT2D eigenvalue weighted by Crippen LogP contribution is -2.22. The van der Waals surface area contributed by atoms with Crippen LogP contribution in [-0.2, 0) is 6.54 Å². The molecule has 0 aliphatic rings. The molecular formula is C12H9BrFNO2S. The van der Waals surface area contributed by atoms with Gasteiger partial charge in [-0.25, -0.2) is 4.39 Å². The van der Waals surface area contributed by atoms with Crippen LogP contribution in [-0.4, -0.2) is 11.0 Å². The number of rotatable bonds is 3. The van der Waals surface area contributed by atoms with Gasteiger partial charge in [0, 0.05) is 9.35 Å². The quantitative estimate of drug-likeness (QED) is 0.907. The normalized spacial score (nSPS) is 10.3. The molecule has 0 fully saturated rings. The Morgan fingerprint density at radius 3 is 2.89 bits per heavy atom. The van der Waals surface area contributed by atoms with Crippen molar-refractivity contribution >= 4 is 33.2 Å². The molecule has 0 saturated heterocycles. The Bertz CT molecular complexity index is 585. The minimum atomic E-state index is -0.560. The van der Waals surface area contributed by atoms with Gasteiger partial charge < -0.3 is 10.4 Å². The topological polar surface area (TPSA) is 49.3 Å². The van der Waals surface area contributed by atoms with Gasteiger partial charge in [0.1, 0.15) is 11.6 Å². The van der Waals surface area contributed by atoms with Gasteiger partial charge in [0.15, 0.2) is 0 Å². The predicted molar refractivity (Wildman–Crippen MR) is 71.3 cm³/mol. The molecule has 0 saturated carbocycles. The number of thiophene rings is 1. The third-order valence-electron chi connectivity index (χ3n) is 2.30. The van der Waals surface area contributed by atoms with Gasteiger partial charge >= 0.3 is 0 Å². The molecule has 0 aliphatic carbocycles. The van der Waals surface area contributed by atoms with Crippen LogP contribution < -0.4 is 5.32 Å². The Kier molecular flexibility index (Phi) is 3.98. The van der Waals surface area contributed by atoms with Crippen molar-refractivity contribution in [2.24, 2.45) is 0 Å². The summed E-state index contributed by atoms with van der Waals surface area (Å²) in [5, 5.41) is 14.0. The number of benzene rings is 1. The molecule has 0 atom stereocenters. The number of carbonyl (C=O) groups is 1. The molecule has 2 rings (SSSR count). The number of carbonyl (C=O) groups excluding carboxylic acids is 1. The first-order valence-electron chi connectivity index (χ1n) is 5.06. The maximum absolute atomic E-state index is 13.0. The number of hydrogen-bond donors (Lipinski definition) is 2. The number of hydrogen-bond acceptors (Lipinski definition) is 3. The highest BCUT2D eigenvalue weighted by molar-refractivity contribution is 9.10. The zero-order chi connectivity index (χ0) is 13.1. The van der Waals surface area contributed by atoms with E-state index in [1.807, 2.05) is 11.4 Å². The third kappa shape index (κ3) is 2.88. The van der Waals surface area contributed by atoms with Gasteiger partial charge in [0.2, 0.25) is 0 Å². The largest absolute Gasteiger partial charge is 0.507 e. The van der Waals surface area contributed by atoms with Gasteiger partial charge in [-0.1, -0.05) is 0 Å². The number of aromatic hydroxyl groups is 1. The molecule has 2 aromatic rings. The molecule has 6 heteroatoms. The zero-order valence-electron chi connectivity index (χ0n) is 9.11. The summed E-state index contributed by atoms with van der Waals surface area (Å²) in [4.78, 5) is 12.7. The molecule has 0 bridgehead atoms. The first kappa shape index (κ1) is 13.0. The molecule has 0 spiro atoms. The molecule has 0 radical (unpaired) electrons. The van der Waals surface area contributed by atoms with Crippen LogP contribution in [0.5, 0.6) is 5.75 Å². The molecule has 1 amide bonds. The van der Waals surface area contributed by atoms with Crippen LogP contribution in [0.4, 0.5) is 4.39 Å². The summed E-state index contributed by atoms with van der Waals surface area (Å²) in [7, 11) is 0. The fourth-order valence-electron chi connectivity index (χ4n) is 1.40. The molecule has 3 nitrogen and oxygen atoms in total. The van der Waals surface area contributed by atoms with Crippen LogP contribution in [0.2, 0.25) is 0 Å². The highest BCUT2D eigenvalue weighted by atomic mass is 79.9. The van der Waals surface area contributed by atoms with E-state index in [9.17, 15) is 14.3 Å². The molecule has 18 heavy (non-hydrogen) atoms. The van der Waals surface area contributed by atoms with Crippen molar-refractivity contribution in [3.63, 3.8) is 0 Å². The van der Waals surface area contributed by atoms with Gasteiger partial charge in [0.05, 0.1) is 12.1 Å². The molecule has 1 aromatic heterocycles. The van der Waals surface area contributed by atoms with Gasteiger partial charge in [0.25, 0.3) is 5.91 Å². The minimum Gasteiger partial charge on any atom is -0.507 e. The maximum atomic E-state index is 13.0. The van der Waals surface area contributed by atoms with Gasteiger partial charge in [-0.15, -0.1) is 11.3 Å². The molecule has 2 N–H and O–H groups in total.